The molecular weight excluding hydrogens is 681 g/mol. The lowest BCUT2D eigenvalue weighted by molar-refractivity contribution is 1.08. The van der Waals surface area contributed by atoms with Gasteiger partial charge in [-0.15, -0.1) is 0 Å². The molecule has 3 heterocycles. The van der Waals surface area contributed by atoms with Crippen molar-refractivity contribution in [3.05, 3.63) is 194 Å². The van der Waals surface area contributed by atoms with Gasteiger partial charge in [0, 0.05) is 38.2 Å². The van der Waals surface area contributed by atoms with Gasteiger partial charge in [0.15, 0.2) is 5.82 Å². The summed E-state index contributed by atoms with van der Waals surface area (Å²) in [5, 5.41) is 9.58. The van der Waals surface area contributed by atoms with Crippen molar-refractivity contribution in [1.82, 2.24) is 19.1 Å². The molecule has 56 heavy (non-hydrogen) atoms. The third-order valence-electron chi connectivity index (χ3n) is 11.5. The van der Waals surface area contributed by atoms with Crippen LogP contribution in [-0.4, -0.2) is 19.1 Å². The highest BCUT2D eigenvalue weighted by atomic mass is 15.1. The molecule has 0 aliphatic rings. The predicted molar refractivity (Wildman–Crippen MR) is 234 cm³/mol. The average molecular weight is 713 g/mol. The molecule has 4 heteroatoms. The number of benzene rings is 9. The molecule has 12 rings (SSSR count). The van der Waals surface area contributed by atoms with Crippen molar-refractivity contribution < 1.29 is 0 Å². The number of para-hydroxylation sites is 4. The summed E-state index contributed by atoms with van der Waals surface area (Å²) in [5.41, 5.74) is 11.7. The quantitative estimate of drug-likeness (QED) is 0.182. The van der Waals surface area contributed by atoms with Crippen molar-refractivity contribution in [1.29, 1.82) is 0 Å². The Morgan fingerprint density at radius 2 is 0.893 bits per heavy atom. The van der Waals surface area contributed by atoms with Crippen LogP contribution in [0.25, 0.3) is 110 Å². The number of aromatic nitrogens is 4. The van der Waals surface area contributed by atoms with E-state index in [0.29, 0.717) is 0 Å². The molecule has 0 saturated heterocycles. The first-order valence-corrected chi connectivity index (χ1v) is 19.1. The molecule has 9 aromatic carbocycles. The first-order valence-electron chi connectivity index (χ1n) is 19.1. The SMILES string of the molecule is c1ccc(-n2c3ccccc3c3cc(-c4ccc5c(c4)c4ccc6ccccc6c4n5-c4nc5ccccc5nc4-c4ccc5ccccc5c4)ccc32)cc1. The summed E-state index contributed by atoms with van der Waals surface area (Å²) < 4.78 is 4.73. The van der Waals surface area contributed by atoms with Gasteiger partial charge in [0.25, 0.3) is 0 Å². The summed E-state index contributed by atoms with van der Waals surface area (Å²) in [6, 6.07) is 69.7. The van der Waals surface area contributed by atoms with Crippen LogP contribution in [0.5, 0.6) is 0 Å². The van der Waals surface area contributed by atoms with Gasteiger partial charge >= 0.3 is 0 Å². The fourth-order valence-electron chi connectivity index (χ4n) is 8.86. The minimum atomic E-state index is 0.818. The topological polar surface area (TPSA) is 35.6 Å². The molecule has 0 spiro atoms. The van der Waals surface area contributed by atoms with Gasteiger partial charge in [0.05, 0.1) is 33.1 Å². The molecule has 0 aliphatic heterocycles. The molecule has 0 aliphatic carbocycles. The Bertz CT molecular complexity index is 3540. The van der Waals surface area contributed by atoms with Crippen molar-refractivity contribution in [2.45, 2.75) is 0 Å². The van der Waals surface area contributed by atoms with Gasteiger partial charge in [-0.05, 0) is 87.9 Å². The molecule has 4 nitrogen and oxygen atoms in total. The molecule has 0 amide bonds. The minimum Gasteiger partial charge on any atom is -0.309 e. The highest BCUT2D eigenvalue weighted by Crippen LogP contribution is 2.42. The average Bonchev–Trinajstić information content (AvgIpc) is 3.78. The summed E-state index contributed by atoms with van der Waals surface area (Å²) >= 11 is 0. The number of nitrogens with zero attached hydrogens (tertiary/aromatic N) is 4. The Balaban J connectivity index is 1.13. The Labute approximate surface area is 322 Å². The lowest BCUT2D eigenvalue weighted by atomic mass is 10.00. The Morgan fingerprint density at radius 3 is 1.70 bits per heavy atom. The van der Waals surface area contributed by atoms with Gasteiger partial charge in [-0.2, -0.15) is 0 Å². The van der Waals surface area contributed by atoms with Gasteiger partial charge in [-0.3, -0.25) is 4.57 Å². The van der Waals surface area contributed by atoms with E-state index in [9.17, 15) is 0 Å². The maximum atomic E-state index is 5.45. The van der Waals surface area contributed by atoms with Crippen LogP contribution in [-0.2, 0) is 0 Å². The molecule has 0 radical (unpaired) electrons. The van der Waals surface area contributed by atoms with E-state index < -0.39 is 0 Å². The van der Waals surface area contributed by atoms with Crippen LogP contribution in [0.3, 0.4) is 0 Å². The lowest BCUT2D eigenvalue weighted by Crippen LogP contribution is -2.04. The van der Waals surface area contributed by atoms with Gasteiger partial charge in [-0.1, -0.05) is 133 Å². The lowest BCUT2D eigenvalue weighted by Gasteiger charge is -2.15. The molecule has 3 aromatic heterocycles. The molecule has 0 fully saturated rings. The van der Waals surface area contributed by atoms with Crippen molar-refractivity contribution in [2.24, 2.45) is 0 Å². The second-order valence-electron chi connectivity index (χ2n) is 14.6. The Hall–Kier alpha value is -7.56. The summed E-state index contributed by atoms with van der Waals surface area (Å²) in [6.45, 7) is 0. The van der Waals surface area contributed by atoms with Gasteiger partial charge in [-0.25, -0.2) is 9.97 Å². The van der Waals surface area contributed by atoms with Gasteiger partial charge < -0.3 is 4.57 Å². The molecule has 0 bridgehead atoms. The summed E-state index contributed by atoms with van der Waals surface area (Å²) in [7, 11) is 0. The van der Waals surface area contributed by atoms with Crippen LogP contribution >= 0.6 is 0 Å². The smallest absolute Gasteiger partial charge is 0.165 e. The molecule has 0 N–H and O–H groups in total. The van der Waals surface area contributed by atoms with Crippen LogP contribution in [0.1, 0.15) is 0 Å². The van der Waals surface area contributed by atoms with Crippen LogP contribution in [0.2, 0.25) is 0 Å². The fraction of sp³-hybridized carbons (Fsp3) is 0. The molecule has 0 unspecified atom stereocenters. The standard InChI is InChI=1S/C52H32N4/c1-2-15-39(16-3-1)55-47-21-11-8-18-41(47)43-31-36(25-28-48(43)55)37-26-29-49-44(32-37)42-27-24-34-13-6-7-17-40(34)51(42)56(49)52-50(53-45-19-9-10-20-46(45)54-52)38-23-22-33-12-4-5-14-35(33)30-38/h1-32H. The third-order valence-corrected chi connectivity index (χ3v) is 11.5. The third kappa shape index (κ3) is 4.60. The largest absolute Gasteiger partial charge is 0.309 e. The van der Waals surface area contributed by atoms with Crippen LogP contribution in [0.4, 0.5) is 0 Å². The van der Waals surface area contributed by atoms with E-state index in [2.05, 4.69) is 191 Å². The normalized spacial score (nSPS) is 11.9. The van der Waals surface area contributed by atoms with E-state index in [4.69, 9.17) is 9.97 Å². The predicted octanol–water partition coefficient (Wildman–Crippen LogP) is 13.5. The zero-order chi connectivity index (χ0) is 36.7. The first kappa shape index (κ1) is 30.9. The molecule has 260 valence electrons. The van der Waals surface area contributed by atoms with Crippen molar-refractivity contribution in [2.75, 3.05) is 0 Å². The highest BCUT2D eigenvalue weighted by Gasteiger charge is 2.22. The second-order valence-corrected chi connectivity index (χ2v) is 14.6. The summed E-state index contributed by atoms with van der Waals surface area (Å²) in [4.78, 5) is 10.8. The molecule has 0 atom stereocenters. The highest BCUT2D eigenvalue weighted by molar-refractivity contribution is 6.19. The van der Waals surface area contributed by atoms with Crippen molar-refractivity contribution in [3.63, 3.8) is 0 Å². The molecular formula is C52H32N4. The number of hydrogen-bond donors (Lipinski definition) is 0. The second kappa shape index (κ2) is 12.0. The van der Waals surface area contributed by atoms with Crippen molar-refractivity contribution in [3.8, 4) is 33.9 Å². The van der Waals surface area contributed by atoms with E-state index in [-0.39, 0.29) is 0 Å². The number of rotatable bonds is 4. The van der Waals surface area contributed by atoms with E-state index in [0.717, 1.165) is 44.8 Å². The number of hydrogen-bond acceptors (Lipinski definition) is 2. The van der Waals surface area contributed by atoms with Crippen LogP contribution in [0.15, 0.2) is 194 Å². The molecule has 12 aromatic rings. The van der Waals surface area contributed by atoms with E-state index in [1.54, 1.807) is 0 Å². The summed E-state index contributed by atoms with van der Waals surface area (Å²) in [6.07, 6.45) is 0. The van der Waals surface area contributed by atoms with Crippen molar-refractivity contribution >= 4 is 76.2 Å². The van der Waals surface area contributed by atoms with Gasteiger partial charge in [0.2, 0.25) is 0 Å². The maximum absolute atomic E-state index is 5.45. The van der Waals surface area contributed by atoms with Crippen LogP contribution in [0, 0.1) is 0 Å². The zero-order valence-electron chi connectivity index (χ0n) is 30.3. The monoisotopic (exact) mass is 712 g/mol. The molecule has 0 saturated carbocycles. The van der Waals surface area contributed by atoms with Crippen LogP contribution < -0.4 is 0 Å². The fourth-order valence-corrected chi connectivity index (χ4v) is 8.86. The number of fused-ring (bicyclic) bond motifs is 10. The first-order chi connectivity index (χ1) is 27.8. The van der Waals surface area contributed by atoms with E-state index >= 15 is 0 Å². The zero-order valence-corrected chi connectivity index (χ0v) is 30.3. The van der Waals surface area contributed by atoms with E-state index in [1.165, 1.54) is 65.3 Å². The minimum absolute atomic E-state index is 0.818. The Morgan fingerprint density at radius 1 is 0.321 bits per heavy atom. The maximum Gasteiger partial charge on any atom is 0.165 e. The Kier molecular flexibility index (Phi) is 6.60. The summed E-state index contributed by atoms with van der Waals surface area (Å²) in [5.74, 6) is 0.818. The van der Waals surface area contributed by atoms with E-state index in [1.807, 2.05) is 12.1 Å². The van der Waals surface area contributed by atoms with Gasteiger partial charge in [0.1, 0.15) is 5.69 Å².